The SMILES string of the molecule is CC/C=C\C/C=C\C/C=C\C/C=C\C/C=C\CCCCCCCCCC(=O)OC(CO)COC(=O)CCCCCCCCCCCCC/C=C\C/C=C\CCCCCCC. The number of aliphatic hydroxyl groups excluding tert-OH is 1. The molecular formula is C55H94O5. The molecule has 0 amide bonds. The number of carbonyl (C=O) groups excluding carboxylic acids is 2. The highest BCUT2D eigenvalue weighted by molar-refractivity contribution is 5.70. The van der Waals surface area contributed by atoms with Crippen molar-refractivity contribution < 1.29 is 24.2 Å². The van der Waals surface area contributed by atoms with Gasteiger partial charge in [-0.2, -0.15) is 0 Å². The van der Waals surface area contributed by atoms with Crippen LogP contribution in [-0.2, 0) is 19.1 Å². The number of esters is 2. The second-order valence-corrected chi connectivity index (χ2v) is 16.5. The van der Waals surface area contributed by atoms with E-state index < -0.39 is 6.10 Å². The quantitative estimate of drug-likeness (QED) is 0.0376. The van der Waals surface area contributed by atoms with Crippen LogP contribution in [0.15, 0.2) is 85.1 Å². The zero-order chi connectivity index (χ0) is 43.5. The third kappa shape index (κ3) is 47.8. The van der Waals surface area contributed by atoms with Gasteiger partial charge in [-0.05, 0) is 89.9 Å². The smallest absolute Gasteiger partial charge is 0.306 e. The Morgan fingerprint density at radius 3 is 1.08 bits per heavy atom. The van der Waals surface area contributed by atoms with Crippen molar-refractivity contribution in [1.82, 2.24) is 0 Å². The number of carbonyl (C=O) groups is 2. The maximum Gasteiger partial charge on any atom is 0.306 e. The van der Waals surface area contributed by atoms with Crippen LogP contribution in [0.25, 0.3) is 0 Å². The molecule has 0 spiro atoms. The van der Waals surface area contributed by atoms with E-state index in [1.54, 1.807) is 0 Å². The van der Waals surface area contributed by atoms with Crippen molar-refractivity contribution in [3.05, 3.63) is 85.1 Å². The van der Waals surface area contributed by atoms with Crippen LogP contribution in [0.5, 0.6) is 0 Å². The van der Waals surface area contributed by atoms with Gasteiger partial charge >= 0.3 is 11.9 Å². The van der Waals surface area contributed by atoms with E-state index in [4.69, 9.17) is 9.47 Å². The van der Waals surface area contributed by atoms with Crippen LogP contribution in [0, 0.1) is 0 Å². The molecule has 0 aliphatic heterocycles. The molecule has 5 nitrogen and oxygen atoms in total. The molecule has 0 aromatic heterocycles. The summed E-state index contributed by atoms with van der Waals surface area (Å²) in [5, 5.41) is 9.63. The first-order valence-corrected chi connectivity index (χ1v) is 25.1. The predicted octanol–water partition coefficient (Wildman–Crippen LogP) is 16.6. The first kappa shape index (κ1) is 57.1. The first-order chi connectivity index (χ1) is 29.6. The largest absolute Gasteiger partial charge is 0.462 e. The Morgan fingerprint density at radius 1 is 0.400 bits per heavy atom. The van der Waals surface area contributed by atoms with Gasteiger partial charge in [0.15, 0.2) is 6.10 Å². The highest BCUT2D eigenvalue weighted by Gasteiger charge is 2.16. The second kappa shape index (κ2) is 50.4. The lowest BCUT2D eigenvalue weighted by Gasteiger charge is -2.15. The van der Waals surface area contributed by atoms with Crippen LogP contribution in [0.1, 0.15) is 232 Å². The summed E-state index contributed by atoms with van der Waals surface area (Å²) in [5.74, 6) is -0.606. The Hall–Kier alpha value is -2.92. The molecule has 0 aromatic carbocycles. The van der Waals surface area contributed by atoms with Crippen molar-refractivity contribution in [2.75, 3.05) is 13.2 Å². The van der Waals surface area contributed by atoms with E-state index in [9.17, 15) is 14.7 Å². The van der Waals surface area contributed by atoms with E-state index in [0.717, 1.165) is 83.5 Å². The maximum absolute atomic E-state index is 12.3. The summed E-state index contributed by atoms with van der Waals surface area (Å²) in [6, 6.07) is 0. The highest BCUT2D eigenvalue weighted by Crippen LogP contribution is 2.14. The number of unbranched alkanes of at least 4 members (excludes halogenated alkanes) is 23. The van der Waals surface area contributed by atoms with Gasteiger partial charge in [0.1, 0.15) is 6.61 Å². The predicted molar refractivity (Wildman–Crippen MR) is 260 cm³/mol. The Bertz CT molecular complexity index is 1130. The summed E-state index contributed by atoms with van der Waals surface area (Å²) >= 11 is 0. The van der Waals surface area contributed by atoms with Crippen molar-refractivity contribution in [3.8, 4) is 0 Å². The number of hydrogen-bond donors (Lipinski definition) is 1. The molecule has 0 saturated carbocycles. The molecule has 1 atom stereocenters. The fourth-order valence-corrected chi connectivity index (χ4v) is 6.91. The van der Waals surface area contributed by atoms with Gasteiger partial charge < -0.3 is 14.6 Å². The molecule has 1 N–H and O–H groups in total. The minimum Gasteiger partial charge on any atom is -0.462 e. The molecule has 0 radical (unpaired) electrons. The van der Waals surface area contributed by atoms with Crippen molar-refractivity contribution in [3.63, 3.8) is 0 Å². The zero-order valence-corrected chi connectivity index (χ0v) is 39.2. The first-order valence-electron chi connectivity index (χ1n) is 25.1. The lowest BCUT2D eigenvalue weighted by atomic mass is 10.0. The molecule has 0 aliphatic carbocycles. The van der Waals surface area contributed by atoms with E-state index in [2.05, 4.69) is 98.9 Å². The molecule has 344 valence electrons. The number of hydrogen-bond acceptors (Lipinski definition) is 5. The topological polar surface area (TPSA) is 72.8 Å². The Morgan fingerprint density at radius 2 is 0.717 bits per heavy atom. The van der Waals surface area contributed by atoms with Crippen molar-refractivity contribution in [1.29, 1.82) is 0 Å². The van der Waals surface area contributed by atoms with Gasteiger partial charge in [-0.1, -0.05) is 214 Å². The van der Waals surface area contributed by atoms with Crippen LogP contribution in [-0.4, -0.2) is 36.4 Å². The summed E-state index contributed by atoms with van der Waals surface area (Å²) in [5.41, 5.74) is 0. The van der Waals surface area contributed by atoms with Gasteiger partial charge in [-0.25, -0.2) is 0 Å². The normalized spacial score (nSPS) is 12.9. The summed E-state index contributed by atoms with van der Waals surface area (Å²) in [4.78, 5) is 24.5. The number of ether oxygens (including phenoxy) is 2. The van der Waals surface area contributed by atoms with Crippen LogP contribution < -0.4 is 0 Å². The van der Waals surface area contributed by atoms with Gasteiger partial charge in [-0.15, -0.1) is 0 Å². The third-order valence-electron chi connectivity index (χ3n) is 10.7. The molecule has 1 unspecified atom stereocenters. The molecule has 0 rings (SSSR count). The van der Waals surface area contributed by atoms with Gasteiger partial charge in [0.25, 0.3) is 0 Å². The zero-order valence-electron chi connectivity index (χ0n) is 39.2. The van der Waals surface area contributed by atoms with E-state index >= 15 is 0 Å². The third-order valence-corrected chi connectivity index (χ3v) is 10.7. The lowest BCUT2D eigenvalue weighted by Crippen LogP contribution is -2.28. The summed E-state index contributed by atoms with van der Waals surface area (Å²) in [7, 11) is 0. The molecular weight excluding hydrogens is 741 g/mol. The fourth-order valence-electron chi connectivity index (χ4n) is 6.91. The van der Waals surface area contributed by atoms with Crippen molar-refractivity contribution in [2.45, 2.75) is 238 Å². The molecule has 0 bridgehead atoms. The van der Waals surface area contributed by atoms with Gasteiger partial charge in [0.05, 0.1) is 6.61 Å². The molecule has 0 aromatic rings. The molecule has 0 heterocycles. The van der Waals surface area contributed by atoms with Crippen molar-refractivity contribution in [2.24, 2.45) is 0 Å². The molecule has 60 heavy (non-hydrogen) atoms. The van der Waals surface area contributed by atoms with E-state index in [1.807, 2.05) is 0 Å². The Labute approximate surface area is 371 Å². The Kier molecular flexibility index (Phi) is 48.0. The summed E-state index contributed by atoms with van der Waals surface area (Å²) in [6.45, 7) is 4.01. The maximum atomic E-state index is 12.3. The van der Waals surface area contributed by atoms with Crippen LogP contribution in [0.3, 0.4) is 0 Å². The average Bonchev–Trinajstić information content (AvgIpc) is 3.25. The second-order valence-electron chi connectivity index (χ2n) is 16.5. The average molecular weight is 835 g/mol. The van der Waals surface area contributed by atoms with Crippen LogP contribution >= 0.6 is 0 Å². The standard InChI is InChI=1S/C55H94O5/c1-3-5-7-9-11-13-15-17-19-21-23-25-27-29-31-33-35-37-39-41-43-45-47-49-54(57)59-52-53(51-56)60-55(58)50-48-46-44-42-40-38-36-34-32-30-28-26-24-22-20-18-16-14-12-10-8-6-4-2/h6,8,12,14-15,17-18,20-21,23-24,26,30,32,53,56H,3-5,7,9-11,13,16,19,22,25,27-29,31,33-52H2,1-2H3/b8-6-,14-12-,17-15-,20-18-,23-21-,26-24-,32-30-. The number of allylic oxidation sites excluding steroid dienone is 14. The molecule has 0 fully saturated rings. The molecule has 0 aliphatic rings. The van der Waals surface area contributed by atoms with Crippen LogP contribution in [0.4, 0.5) is 0 Å². The lowest BCUT2D eigenvalue weighted by molar-refractivity contribution is -0.161. The highest BCUT2D eigenvalue weighted by atomic mass is 16.6. The van der Waals surface area contributed by atoms with E-state index in [0.29, 0.717) is 12.8 Å². The monoisotopic (exact) mass is 835 g/mol. The summed E-state index contributed by atoms with van der Waals surface area (Å²) < 4.78 is 10.7. The van der Waals surface area contributed by atoms with E-state index in [1.165, 1.54) is 122 Å². The fraction of sp³-hybridized carbons (Fsp3) is 0.709. The Balaban J connectivity index is 3.56. The van der Waals surface area contributed by atoms with Gasteiger partial charge in [-0.3, -0.25) is 9.59 Å². The minimum atomic E-state index is -0.784. The van der Waals surface area contributed by atoms with E-state index in [-0.39, 0.29) is 25.2 Å². The number of aliphatic hydroxyl groups is 1. The minimum absolute atomic E-state index is 0.0750. The van der Waals surface area contributed by atoms with Gasteiger partial charge in [0, 0.05) is 12.8 Å². The molecule has 0 saturated heterocycles. The van der Waals surface area contributed by atoms with Crippen LogP contribution in [0.2, 0.25) is 0 Å². The van der Waals surface area contributed by atoms with Crippen molar-refractivity contribution >= 4 is 11.9 Å². The molecule has 5 heteroatoms. The van der Waals surface area contributed by atoms with Gasteiger partial charge in [0.2, 0.25) is 0 Å². The number of rotatable bonds is 45. The summed E-state index contributed by atoms with van der Waals surface area (Å²) in [6.07, 6.45) is 69.5.